The molecule has 1 aliphatic heterocycles. The van der Waals surface area contributed by atoms with Crippen molar-refractivity contribution in [2.75, 3.05) is 19.3 Å². The van der Waals surface area contributed by atoms with Crippen LogP contribution in [0.1, 0.15) is 44.9 Å². The summed E-state index contributed by atoms with van der Waals surface area (Å²) < 4.78 is 24.4. The zero-order chi connectivity index (χ0) is 14.8. The van der Waals surface area contributed by atoms with Crippen molar-refractivity contribution >= 4 is 15.9 Å². The predicted octanol–water partition coefficient (Wildman–Crippen LogP) is 0.222. The molecule has 1 saturated heterocycles. The first kappa shape index (κ1) is 15.7. The smallest absolute Gasteiger partial charge is 0.223 e. The Bertz CT molecular complexity index is 457. The van der Waals surface area contributed by atoms with Gasteiger partial charge < -0.3 is 10.4 Å². The van der Waals surface area contributed by atoms with Crippen molar-refractivity contribution in [1.82, 2.24) is 9.62 Å². The van der Waals surface area contributed by atoms with Gasteiger partial charge in [0.2, 0.25) is 15.9 Å². The molecule has 6 nitrogen and oxygen atoms in total. The fraction of sp³-hybridized carbons (Fsp3) is 0.923. The molecule has 20 heavy (non-hydrogen) atoms. The van der Waals surface area contributed by atoms with Crippen LogP contribution in [0.3, 0.4) is 0 Å². The summed E-state index contributed by atoms with van der Waals surface area (Å²) in [7, 11) is -3.20. The summed E-state index contributed by atoms with van der Waals surface area (Å²) in [4.78, 5) is 12.0. The number of aliphatic hydroxyl groups is 1. The van der Waals surface area contributed by atoms with E-state index in [2.05, 4.69) is 5.32 Å². The number of nitrogens with one attached hydrogen (secondary N) is 1. The second kappa shape index (κ2) is 5.99. The van der Waals surface area contributed by atoms with E-state index in [9.17, 15) is 18.3 Å². The number of hydrogen-bond donors (Lipinski definition) is 2. The Labute approximate surface area is 120 Å². The maximum Gasteiger partial charge on any atom is 0.223 e. The highest BCUT2D eigenvalue weighted by Crippen LogP contribution is 2.32. The number of nitrogens with zero attached hydrogens (tertiary/aromatic N) is 1. The van der Waals surface area contributed by atoms with E-state index in [4.69, 9.17) is 0 Å². The largest absolute Gasteiger partial charge is 0.389 e. The molecule has 1 heterocycles. The van der Waals surface area contributed by atoms with E-state index in [1.54, 1.807) is 0 Å². The predicted molar refractivity (Wildman–Crippen MR) is 75.6 cm³/mol. The Hall–Kier alpha value is -0.660. The fourth-order valence-corrected chi connectivity index (χ4v) is 4.06. The molecule has 2 aliphatic rings. The number of sulfonamides is 1. The number of rotatable bonds is 4. The Morgan fingerprint density at radius 3 is 2.60 bits per heavy atom. The highest BCUT2D eigenvalue weighted by molar-refractivity contribution is 7.88. The van der Waals surface area contributed by atoms with E-state index in [0.29, 0.717) is 25.9 Å². The summed E-state index contributed by atoms with van der Waals surface area (Å²) in [6, 6.07) is -0.143. The molecule has 1 atom stereocenters. The lowest BCUT2D eigenvalue weighted by molar-refractivity contribution is -0.126. The molecule has 0 bridgehead atoms. The Morgan fingerprint density at radius 1 is 1.35 bits per heavy atom. The molecular formula is C13H24N2O4S. The van der Waals surface area contributed by atoms with Crippen LogP contribution in [0.4, 0.5) is 0 Å². The number of amides is 1. The van der Waals surface area contributed by atoms with Crippen LogP contribution in [0.15, 0.2) is 0 Å². The molecule has 0 spiro atoms. The van der Waals surface area contributed by atoms with E-state index in [1.807, 2.05) is 0 Å². The van der Waals surface area contributed by atoms with E-state index >= 15 is 0 Å². The minimum Gasteiger partial charge on any atom is -0.389 e. The number of hydrogen-bond acceptors (Lipinski definition) is 4. The van der Waals surface area contributed by atoms with Crippen molar-refractivity contribution in [2.45, 2.75) is 56.6 Å². The first-order chi connectivity index (χ1) is 9.28. The van der Waals surface area contributed by atoms with Crippen molar-refractivity contribution in [3.63, 3.8) is 0 Å². The molecule has 0 radical (unpaired) electrons. The third kappa shape index (κ3) is 4.17. The Balaban J connectivity index is 1.85. The van der Waals surface area contributed by atoms with Crippen molar-refractivity contribution in [1.29, 1.82) is 0 Å². The molecule has 116 valence electrons. The SMILES string of the molecule is CS(=O)(=O)N1CCCC(NC(=O)CC2(O)CCCC2)C1. The van der Waals surface area contributed by atoms with Crippen LogP contribution in [0, 0.1) is 0 Å². The van der Waals surface area contributed by atoms with Gasteiger partial charge >= 0.3 is 0 Å². The molecule has 2 N–H and O–H groups in total. The average molecular weight is 304 g/mol. The van der Waals surface area contributed by atoms with E-state index in [0.717, 1.165) is 25.7 Å². The zero-order valence-corrected chi connectivity index (χ0v) is 12.8. The normalized spacial score (nSPS) is 27.4. The minimum absolute atomic E-state index is 0.127. The minimum atomic E-state index is -3.20. The second-order valence-electron chi connectivity index (χ2n) is 6.14. The fourth-order valence-electron chi connectivity index (χ4n) is 3.15. The summed E-state index contributed by atoms with van der Waals surface area (Å²) in [6.45, 7) is 0.859. The first-order valence-electron chi connectivity index (χ1n) is 7.25. The quantitative estimate of drug-likeness (QED) is 0.778. The molecule has 0 aromatic carbocycles. The topological polar surface area (TPSA) is 86.7 Å². The van der Waals surface area contributed by atoms with Gasteiger partial charge in [0.05, 0.1) is 18.3 Å². The van der Waals surface area contributed by atoms with Gasteiger partial charge in [0, 0.05) is 19.1 Å². The van der Waals surface area contributed by atoms with Crippen molar-refractivity contribution in [3.05, 3.63) is 0 Å². The van der Waals surface area contributed by atoms with Crippen LogP contribution in [0.25, 0.3) is 0 Å². The lowest BCUT2D eigenvalue weighted by atomic mass is 9.97. The lowest BCUT2D eigenvalue weighted by Crippen LogP contribution is -2.50. The summed E-state index contributed by atoms with van der Waals surface area (Å²) in [5.41, 5.74) is -0.852. The van der Waals surface area contributed by atoms with Gasteiger partial charge in [0.25, 0.3) is 0 Å². The van der Waals surface area contributed by atoms with Gasteiger partial charge in [0.15, 0.2) is 0 Å². The van der Waals surface area contributed by atoms with Crippen molar-refractivity contribution < 1.29 is 18.3 Å². The second-order valence-corrected chi connectivity index (χ2v) is 8.12. The molecule has 1 amide bonds. The van der Waals surface area contributed by atoms with Crippen molar-refractivity contribution in [2.24, 2.45) is 0 Å². The van der Waals surface area contributed by atoms with Crippen molar-refractivity contribution in [3.8, 4) is 0 Å². The molecule has 1 aliphatic carbocycles. The number of carbonyl (C=O) groups excluding carboxylic acids is 1. The molecule has 0 aromatic rings. The van der Waals surface area contributed by atoms with E-state index in [-0.39, 0.29) is 18.4 Å². The van der Waals surface area contributed by atoms with E-state index < -0.39 is 15.6 Å². The summed E-state index contributed by atoms with van der Waals surface area (Å²) in [5.74, 6) is -0.172. The van der Waals surface area contributed by atoms with Crippen LogP contribution in [-0.2, 0) is 14.8 Å². The molecule has 0 aromatic heterocycles. The maximum absolute atomic E-state index is 12.0. The van der Waals surface area contributed by atoms with Gasteiger partial charge in [-0.3, -0.25) is 4.79 Å². The third-order valence-electron chi connectivity index (χ3n) is 4.24. The molecule has 2 fully saturated rings. The molecule has 2 rings (SSSR count). The van der Waals surface area contributed by atoms with Gasteiger partial charge in [-0.1, -0.05) is 12.8 Å². The van der Waals surface area contributed by atoms with Gasteiger partial charge in [0.1, 0.15) is 0 Å². The van der Waals surface area contributed by atoms with Crippen LogP contribution in [0.5, 0.6) is 0 Å². The number of carbonyl (C=O) groups is 1. The lowest BCUT2D eigenvalue weighted by Gasteiger charge is -2.32. The van der Waals surface area contributed by atoms with Crippen LogP contribution in [-0.4, -0.2) is 54.7 Å². The molecule has 1 unspecified atom stereocenters. The van der Waals surface area contributed by atoms with Gasteiger partial charge in [-0.2, -0.15) is 0 Å². The molecule has 7 heteroatoms. The third-order valence-corrected chi connectivity index (χ3v) is 5.51. The highest BCUT2D eigenvalue weighted by atomic mass is 32.2. The summed E-state index contributed by atoms with van der Waals surface area (Å²) in [6.07, 6.45) is 6.16. The Kier molecular flexibility index (Phi) is 4.71. The maximum atomic E-state index is 12.0. The monoisotopic (exact) mass is 304 g/mol. The average Bonchev–Trinajstić information content (AvgIpc) is 2.74. The summed E-state index contributed by atoms with van der Waals surface area (Å²) in [5, 5.41) is 13.1. The van der Waals surface area contributed by atoms with E-state index in [1.165, 1.54) is 10.6 Å². The van der Waals surface area contributed by atoms with Gasteiger partial charge in [-0.25, -0.2) is 12.7 Å². The van der Waals surface area contributed by atoms with Gasteiger partial charge in [-0.05, 0) is 25.7 Å². The van der Waals surface area contributed by atoms with Gasteiger partial charge in [-0.15, -0.1) is 0 Å². The summed E-state index contributed by atoms with van der Waals surface area (Å²) >= 11 is 0. The first-order valence-corrected chi connectivity index (χ1v) is 9.10. The van der Waals surface area contributed by atoms with Crippen LogP contribution in [0.2, 0.25) is 0 Å². The highest BCUT2D eigenvalue weighted by Gasteiger charge is 2.34. The van der Waals surface area contributed by atoms with Crippen LogP contribution < -0.4 is 5.32 Å². The molecule has 1 saturated carbocycles. The standard InChI is InChI=1S/C13H24N2O4S/c1-20(18,19)15-8-4-5-11(10-15)14-12(16)9-13(17)6-2-3-7-13/h11,17H,2-10H2,1H3,(H,14,16). The molecular weight excluding hydrogens is 280 g/mol. The Morgan fingerprint density at radius 2 is 2.00 bits per heavy atom. The van der Waals surface area contributed by atoms with Crippen LogP contribution >= 0.6 is 0 Å². The zero-order valence-electron chi connectivity index (χ0n) is 12.0. The number of piperidine rings is 1.